The minimum Gasteiger partial charge on any atom is -0.389 e. The van der Waals surface area contributed by atoms with Crippen LogP contribution in [0.4, 0.5) is 0 Å². The van der Waals surface area contributed by atoms with Crippen molar-refractivity contribution in [2.45, 2.75) is 59.0 Å². The number of benzene rings is 1. The lowest BCUT2D eigenvalue weighted by atomic mass is 9.85. The van der Waals surface area contributed by atoms with Crippen LogP contribution >= 0.6 is 0 Å². The molecule has 0 atom stereocenters. The van der Waals surface area contributed by atoms with Gasteiger partial charge < -0.3 is 14.7 Å². The third-order valence-electron chi connectivity index (χ3n) is 3.77. The first-order valence-corrected chi connectivity index (χ1v) is 9.11. The number of piperidine rings is 1. The van der Waals surface area contributed by atoms with Gasteiger partial charge in [-0.25, -0.2) is 0 Å². The van der Waals surface area contributed by atoms with Gasteiger partial charge in [0.1, 0.15) is 0 Å². The Morgan fingerprint density at radius 3 is 2.09 bits per heavy atom. The number of hydrogen-bond acceptors (Lipinski definition) is 3. The zero-order valence-electron chi connectivity index (χ0n) is 15.8. The number of nitrogens with zero attached hydrogens (tertiary/aromatic N) is 1. The predicted octanol–water partition coefficient (Wildman–Crippen LogP) is 4.14. The molecule has 134 valence electrons. The van der Waals surface area contributed by atoms with Crippen molar-refractivity contribution in [3.05, 3.63) is 35.9 Å². The minimum atomic E-state index is -0.523. The maximum atomic E-state index is 10.6. The normalized spacial score (nSPS) is 16.6. The zero-order valence-corrected chi connectivity index (χ0v) is 15.8. The van der Waals surface area contributed by atoms with E-state index in [1.54, 1.807) is 7.11 Å². The van der Waals surface area contributed by atoms with Gasteiger partial charge in [0.2, 0.25) is 0 Å². The van der Waals surface area contributed by atoms with Crippen LogP contribution in [-0.4, -0.2) is 49.0 Å². The summed E-state index contributed by atoms with van der Waals surface area (Å²) in [5, 5.41) is 10.6. The van der Waals surface area contributed by atoms with Gasteiger partial charge in [-0.2, -0.15) is 0 Å². The molecule has 0 bridgehead atoms. The molecule has 3 heteroatoms. The highest BCUT2D eigenvalue weighted by molar-refractivity contribution is 5.17. The van der Waals surface area contributed by atoms with Gasteiger partial charge in [-0.3, -0.25) is 0 Å². The highest BCUT2D eigenvalue weighted by Gasteiger charge is 2.32. The molecule has 1 N–H and O–H groups in total. The fourth-order valence-corrected chi connectivity index (χ4v) is 2.57. The summed E-state index contributed by atoms with van der Waals surface area (Å²) in [6.07, 6.45) is 3.73. The Bertz CT molecular complexity index is 359. The van der Waals surface area contributed by atoms with Gasteiger partial charge in [0.25, 0.3) is 0 Å². The number of rotatable bonds is 5. The van der Waals surface area contributed by atoms with Crippen molar-refractivity contribution < 1.29 is 9.84 Å². The molecule has 1 saturated heterocycles. The van der Waals surface area contributed by atoms with E-state index in [0.29, 0.717) is 0 Å². The van der Waals surface area contributed by atoms with E-state index >= 15 is 0 Å². The molecule has 2 rings (SSSR count). The van der Waals surface area contributed by atoms with E-state index in [0.717, 1.165) is 45.5 Å². The second-order valence-electron chi connectivity index (χ2n) is 5.93. The van der Waals surface area contributed by atoms with Gasteiger partial charge >= 0.3 is 0 Å². The summed E-state index contributed by atoms with van der Waals surface area (Å²) in [6.45, 7) is 11.9. The number of likely N-dealkylation sites (tertiary alicyclic amines) is 1. The summed E-state index contributed by atoms with van der Waals surface area (Å²) in [4.78, 5) is 2.36. The second-order valence-corrected chi connectivity index (χ2v) is 5.93. The molecule has 0 radical (unpaired) electrons. The SMILES string of the molecule is CC.CCC.COCCN1CCC(O)(Cc2ccccc2)CC1. The summed E-state index contributed by atoms with van der Waals surface area (Å²) >= 11 is 0. The standard InChI is InChI=1S/C15H23NO2.C3H8.C2H6/c1-18-12-11-16-9-7-15(17,8-10-16)13-14-5-3-2-4-6-14;1-3-2;1-2/h2-6,17H,7-13H2,1H3;3H2,1-2H3;1-2H3. The molecule has 1 fully saturated rings. The van der Waals surface area contributed by atoms with Crippen molar-refractivity contribution in [2.24, 2.45) is 0 Å². The van der Waals surface area contributed by atoms with Gasteiger partial charge in [0.15, 0.2) is 0 Å². The van der Waals surface area contributed by atoms with Crippen LogP contribution in [0.1, 0.15) is 52.5 Å². The monoisotopic (exact) mass is 323 g/mol. The molecule has 0 amide bonds. The van der Waals surface area contributed by atoms with E-state index in [9.17, 15) is 5.11 Å². The van der Waals surface area contributed by atoms with Crippen molar-refractivity contribution in [2.75, 3.05) is 33.4 Å². The molecule has 0 aliphatic carbocycles. The van der Waals surface area contributed by atoms with Crippen molar-refractivity contribution in [1.29, 1.82) is 0 Å². The molecule has 1 heterocycles. The van der Waals surface area contributed by atoms with Crippen molar-refractivity contribution >= 4 is 0 Å². The molecule has 3 nitrogen and oxygen atoms in total. The molecule has 1 aliphatic heterocycles. The lowest BCUT2D eigenvalue weighted by molar-refractivity contribution is -0.0245. The fraction of sp³-hybridized carbons (Fsp3) is 0.700. The maximum Gasteiger partial charge on any atom is 0.0712 e. The average molecular weight is 324 g/mol. The second kappa shape index (κ2) is 13.5. The molecule has 0 aromatic heterocycles. The Hall–Kier alpha value is -0.900. The van der Waals surface area contributed by atoms with Crippen LogP contribution in [0.5, 0.6) is 0 Å². The maximum absolute atomic E-state index is 10.6. The number of aliphatic hydroxyl groups is 1. The van der Waals surface area contributed by atoms with E-state index in [-0.39, 0.29) is 0 Å². The van der Waals surface area contributed by atoms with Crippen LogP contribution in [-0.2, 0) is 11.2 Å². The Labute approximate surface area is 143 Å². The van der Waals surface area contributed by atoms with Crippen molar-refractivity contribution in [3.8, 4) is 0 Å². The van der Waals surface area contributed by atoms with Crippen molar-refractivity contribution in [1.82, 2.24) is 4.90 Å². The molecular weight excluding hydrogens is 286 g/mol. The van der Waals surface area contributed by atoms with Crippen molar-refractivity contribution in [3.63, 3.8) is 0 Å². The Kier molecular flexibility index (Phi) is 13.0. The zero-order chi connectivity index (χ0) is 17.6. The van der Waals surface area contributed by atoms with Crippen LogP contribution in [0.3, 0.4) is 0 Å². The number of hydrogen-bond donors (Lipinski definition) is 1. The quantitative estimate of drug-likeness (QED) is 0.884. The fourth-order valence-electron chi connectivity index (χ4n) is 2.57. The molecule has 0 spiro atoms. The summed E-state index contributed by atoms with van der Waals surface area (Å²) in [5.41, 5.74) is 0.704. The van der Waals surface area contributed by atoms with E-state index in [1.807, 2.05) is 32.0 Å². The summed E-state index contributed by atoms with van der Waals surface area (Å²) in [6, 6.07) is 10.3. The van der Waals surface area contributed by atoms with Crippen LogP contribution in [0, 0.1) is 0 Å². The van der Waals surface area contributed by atoms with Gasteiger partial charge in [-0.05, 0) is 18.4 Å². The molecule has 1 aromatic carbocycles. The van der Waals surface area contributed by atoms with E-state index < -0.39 is 5.60 Å². The molecular formula is C20H37NO2. The molecule has 1 aromatic rings. The topological polar surface area (TPSA) is 32.7 Å². The molecule has 0 saturated carbocycles. The van der Waals surface area contributed by atoms with E-state index in [1.165, 1.54) is 12.0 Å². The van der Waals surface area contributed by atoms with Gasteiger partial charge in [-0.1, -0.05) is 64.4 Å². The third-order valence-corrected chi connectivity index (χ3v) is 3.77. The highest BCUT2D eigenvalue weighted by Crippen LogP contribution is 2.26. The van der Waals surface area contributed by atoms with E-state index in [4.69, 9.17) is 4.74 Å². The van der Waals surface area contributed by atoms with Gasteiger partial charge in [-0.15, -0.1) is 0 Å². The Morgan fingerprint density at radius 2 is 1.61 bits per heavy atom. The summed E-state index contributed by atoms with van der Waals surface area (Å²) in [5.74, 6) is 0. The van der Waals surface area contributed by atoms with Crippen LogP contribution in [0.25, 0.3) is 0 Å². The molecule has 0 unspecified atom stereocenters. The van der Waals surface area contributed by atoms with Crippen LogP contribution < -0.4 is 0 Å². The lowest BCUT2D eigenvalue weighted by Gasteiger charge is -2.38. The van der Waals surface area contributed by atoms with Gasteiger partial charge in [0, 0.05) is 33.2 Å². The van der Waals surface area contributed by atoms with Gasteiger partial charge in [0.05, 0.1) is 12.2 Å². The summed E-state index contributed by atoms with van der Waals surface area (Å²) < 4.78 is 5.09. The average Bonchev–Trinajstić information content (AvgIpc) is 2.58. The summed E-state index contributed by atoms with van der Waals surface area (Å²) in [7, 11) is 1.73. The first-order chi connectivity index (χ1) is 11.1. The van der Waals surface area contributed by atoms with Crippen LogP contribution in [0.15, 0.2) is 30.3 Å². The molecule has 23 heavy (non-hydrogen) atoms. The predicted molar refractivity (Wildman–Crippen MR) is 100.0 cm³/mol. The Balaban J connectivity index is 0.000000868. The number of ether oxygens (including phenoxy) is 1. The van der Waals surface area contributed by atoms with Crippen LogP contribution in [0.2, 0.25) is 0 Å². The Morgan fingerprint density at radius 1 is 1.09 bits per heavy atom. The first kappa shape index (κ1) is 22.1. The van der Waals surface area contributed by atoms with E-state index in [2.05, 4.69) is 30.9 Å². The third kappa shape index (κ3) is 9.75. The molecule has 1 aliphatic rings. The number of methoxy groups -OCH3 is 1. The smallest absolute Gasteiger partial charge is 0.0712 e. The highest BCUT2D eigenvalue weighted by atomic mass is 16.5. The minimum absolute atomic E-state index is 0.523. The first-order valence-electron chi connectivity index (χ1n) is 9.11. The lowest BCUT2D eigenvalue weighted by Crippen LogP contribution is -2.46. The largest absolute Gasteiger partial charge is 0.389 e.